The van der Waals surface area contributed by atoms with Gasteiger partial charge in [-0.25, -0.2) is 4.79 Å². The summed E-state index contributed by atoms with van der Waals surface area (Å²) in [7, 11) is 3.28. The minimum atomic E-state index is -1.56. The second-order valence-electron chi connectivity index (χ2n) is 12.1. The zero-order valence-corrected chi connectivity index (χ0v) is 26.2. The van der Waals surface area contributed by atoms with Gasteiger partial charge in [-0.15, -0.1) is 0 Å². The Morgan fingerprint density at radius 1 is 0.978 bits per heavy atom. The SMILES string of the molecule is CCOc1ccc2c3c1O[C@H]1[C@@H](O[C@@H]4O[C@H](C(=O)OC)[C@@H](OC(C)=O)C(OC(C)=O)[C@H]4OC(C)=O)C=C[C@H]4[C@@H](C2)N(C)CC[C@@]341. The van der Waals surface area contributed by atoms with E-state index in [4.69, 9.17) is 37.9 Å². The van der Waals surface area contributed by atoms with E-state index in [0.717, 1.165) is 45.9 Å². The number of esters is 4. The Labute approximate surface area is 261 Å². The van der Waals surface area contributed by atoms with E-state index in [1.54, 1.807) is 0 Å². The van der Waals surface area contributed by atoms with Crippen molar-refractivity contribution < 1.29 is 57.1 Å². The van der Waals surface area contributed by atoms with Gasteiger partial charge >= 0.3 is 23.9 Å². The van der Waals surface area contributed by atoms with Crippen molar-refractivity contribution in [3.8, 4) is 11.5 Å². The van der Waals surface area contributed by atoms with Crippen molar-refractivity contribution in [1.82, 2.24) is 4.90 Å². The molecule has 1 unspecified atom stereocenters. The van der Waals surface area contributed by atoms with Crippen molar-refractivity contribution in [3.63, 3.8) is 0 Å². The number of likely N-dealkylation sites (N-methyl/N-ethyl adjacent to an activating group) is 1. The first-order valence-corrected chi connectivity index (χ1v) is 15.2. The van der Waals surface area contributed by atoms with Gasteiger partial charge in [0.05, 0.1) is 13.7 Å². The van der Waals surface area contributed by atoms with E-state index in [-0.39, 0.29) is 12.0 Å². The van der Waals surface area contributed by atoms with Gasteiger partial charge in [0.1, 0.15) is 12.2 Å². The molecule has 0 radical (unpaired) electrons. The first kappa shape index (κ1) is 31.3. The van der Waals surface area contributed by atoms with E-state index in [0.29, 0.717) is 18.1 Å². The van der Waals surface area contributed by atoms with Crippen LogP contribution >= 0.6 is 0 Å². The smallest absolute Gasteiger partial charge is 0.339 e. The molecule has 2 bridgehead atoms. The Hall–Kier alpha value is -3.68. The molecule has 1 spiro atoms. The quantitative estimate of drug-likeness (QED) is 0.233. The molecule has 5 aliphatic rings. The lowest BCUT2D eigenvalue weighted by Crippen LogP contribution is -2.67. The number of ether oxygens (including phenoxy) is 8. The molecule has 0 N–H and O–H groups in total. The number of benzene rings is 1. The van der Waals surface area contributed by atoms with Crippen LogP contribution in [-0.2, 0) is 59.4 Å². The molecule has 1 aromatic rings. The molecule has 3 aliphatic heterocycles. The molecular weight excluding hydrogens is 590 g/mol. The molecule has 1 aromatic carbocycles. The van der Waals surface area contributed by atoms with Crippen molar-refractivity contribution in [1.29, 1.82) is 0 Å². The molecule has 0 amide bonds. The summed E-state index contributed by atoms with van der Waals surface area (Å²) in [6.07, 6.45) is -2.87. The van der Waals surface area contributed by atoms with Crippen LogP contribution in [0.4, 0.5) is 0 Å². The minimum Gasteiger partial charge on any atom is -0.490 e. The standard InChI is InChI=1S/C32H39NO12/c1-7-39-21-10-8-18-14-20-19-9-11-22(29-32(19,12-13-33(20)5)23(18)24(21)44-29)43-31-28(42-17(4)36)26(41-16(3)35)25(40-15(2)34)27(45-31)30(37)38-6/h8-11,19-20,22,25-29,31H,7,12-14H2,1-6H3/t19-,20+,22-,25-,26?,27-,28+,29-,31+,32-/m0/s1. The minimum absolute atomic E-state index is 0.133. The second kappa shape index (κ2) is 11.9. The van der Waals surface area contributed by atoms with Gasteiger partial charge in [-0.2, -0.15) is 0 Å². The van der Waals surface area contributed by atoms with Gasteiger partial charge in [0, 0.05) is 43.7 Å². The fourth-order valence-corrected chi connectivity index (χ4v) is 7.94. The predicted molar refractivity (Wildman–Crippen MR) is 153 cm³/mol. The Balaban J connectivity index is 1.41. The normalized spacial score (nSPS) is 35.8. The lowest BCUT2D eigenvalue weighted by molar-refractivity contribution is -0.313. The third-order valence-corrected chi connectivity index (χ3v) is 9.54. The Kier molecular flexibility index (Phi) is 8.29. The van der Waals surface area contributed by atoms with Crippen LogP contribution in [0.5, 0.6) is 11.5 Å². The number of methoxy groups -OCH3 is 1. The average Bonchev–Trinajstić information content (AvgIpc) is 3.34. The highest BCUT2D eigenvalue weighted by atomic mass is 16.7. The Morgan fingerprint density at radius 2 is 1.67 bits per heavy atom. The van der Waals surface area contributed by atoms with E-state index in [1.807, 2.05) is 19.1 Å². The third kappa shape index (κ3) is 5.14. The number of nitrogens with zero attached hydrogens (tertiary/aromatic N) is 1. The highest BCUT2D eigenvalue weighted by Gasteiger charge is 2.65. The molecule has 6 rings (SSSR count). The van der Waals surface area contributed by atoms with Gasteiger partial charge in [-0.1, -0.05) is 18.2 Å². The summed E-state index contributed by atoms with van der Waals surface area (Å²) in [5, 5.41) is 0. The van der Waals surface area contributed by atoms with Crippen LogP contribution in [0.2, 0.25) is 0 Å². The lowest BCUT2D eigenvalue weighted by atomic mass is 9.53. The largest absolute Gasteiger partial charge is 0.490 e. The van der Waals surface area contributed by atoms with Gasteiger partial charge in [-0.3, -0.25) is 14.4 Å². The first-order chi connectivity index (χ1) is 21.5. The first-order valence-electron chi connectivity index (χ1n) is 15.2. The predicted octanol–water partition coefficient (Wildman–Crippen LogP) is 1.61. The lowest BCUT2D eigenvalue weighted by Gasteiger charge is -2.57. The van der Waals surface area contributed by atoms with Crippen LogP contribution in [0.3, 0.4) is 0 Å². The van der Waals surface area contributed by atoms with Gasteiger partial charge < -0.3 is 42.8 Å². The van der Waals surface area contributed by atoms with Crippen LogP contribution in [-0.4, -0.2) is 105 Å². The highest BCUT2D eigenvalue weighted by Crippen LogP contribution is 2.63. The molecule has 13 heteroatoms. The molecular formula is C32H39NO12. The van der Waals surface area contributed by atoms with E-state index in [9.17, 15) is 19.2 Å². The molecule has 3 heterocycles. The fraction of sp³-hybridized carbons (Fsp3) is 0.625. The van der Waals surface area contributed by atoms with Crippen LogP contribution < -0.4 is 9.47 Å². The fourth-order valence-electron chi connectivity index (χ4n) is 7.94. The maximum absolute atomic E-state index is 12.9. The van der Waals surface area contributed by atoms with Gasteiger partial charge in [0.25, 0.3) is 0 Å². The Morgan fingerprint density at radius 3 is 2.33 bits per heavy atom. The number of likely N-dealkylation sites (tertiary alicyclic amines) is 1. The molecule has 2 aliphatic carbocycles. The summed E-state index contributed by atoms with van der Waals surface area (Å²) in [4.78, 5) is 52.0. The van der Waals surface area contributed by atoms with E-state index >= 15 is 0 Å². The van der Waals surface area contributed by atoms with Crippen LogP contribution in [0.25, 0.3) is 0 Å². The van der Waals surface area contributed by atoms with Crippen molar-refractivity contribution >= 4 is 23.9 Å². The van der Waals surface area contributed by atoms with Crippen LogP contribution in [0.15, 0.2) is 24.3 Å². The molecule has 13 nitrogen and oxygen atoms in total. The van der Waals surface area contributed by atoms with Crippen molar-refractivity contribution in [3.05, 3.63) is 35.4 Å². The zero-order chi connectivity index (χ0) is 32.2. The number of hydrogen-bond acceptors (Lipinski definition) is 13. The summed E-state index contributed by atoms with van der Waals surface area (Å²) < 4.78 is 46.9. The molecule has 0 saturated carbocycles. The van der Waals surface area contributed by atoms with Crippen LogP contribution in [0.1, 0.15) is 45.2 Å². The van der Waals surface area contributed by atoms with Crippen LogP contribution in [0, 0.1) is 5.92 Å². The Bertz CT molecular complexity index is 1410. The van der Waals surface area contributed by atoms with E-state index in [2.05, 4.69) is 24.1 Å². The number of piperidine rings is 1. The van der Waals surface area contributed by atoms with Crippen molar-refractivity contribution in [2.24, 2.45) is 5.92 Å². The molecule has 244 valence electrons. The molecule has 10 atom stereocenters. The summed E-state index contributed by atoms with van der Waals surface area (Å²) in [6, 6.07) is 4.32. The van der Waals surface area contributed by atoms with E-state index < -0.39 is 72.2 Å². The second-order valence-corrected chi connectivity index (χ2v) is 12.1. The van der Waals surface area contributed by atoms with Gasteiger partial charge in [-0.05, 0) is 45.0 Å². The summed E-state index contributed by atoms with van der Waals surface area (Å²) in [6.45, 7) is 6.68. The van der Waals surface area contributed by atoms with Gasteiger partial charge in [0.2, 0.25) is 6.29 Å². The molecule has 45 heavy (non-hydrogen) atoms. The van der Waals surface area contributed by atoms with Crippen molar-refractivity contribution in [2.45, 2.75) is 94.9 Å². The number of carbonyl (C=O) groups is 4. The highest BCUT2D eigenvalue weighted by molar-refractivity contribution is 5.77. The van der Waals surface area contributed by atoms with Gasteiger partial charge in [0.15, 0.2) is 35.9 Å². The van der Waals surface area contributed by atoms with E-state index in [1.165, 1.54) is 12.5 Å². The summed E-state index contributed by atoms with van der Waals surface area (Å²) in [5.41, 5.74) is 1.90. The summed E-state index contributed by atoms with van der Waals surface area (Å²) in [5.74, 6) is -1.67. The maximum atomic E-state index is 12.9. The maximum Gasteiger partial charge on any atom is 0.339 e. The molecule has 2 fully saturated rings. The summed E-state index contributed by atoms with van der Waals surface area (Å²) >= 11 is 0. The number of carbonyl (C=O) groups excluding carboxylic acids is 4. The molecule has 2 saturated heterocycles. The molecule has 0 aromatic heterocycles. The monoisotopic (exact) mass is 629 g/mol. The average molecular weight is 630 g/mol. The third-order valence-electron chi connectivity index (χ3n) is 9.54. The van der Waals surface area contributed by atoms with Crippen molar-refractivity contribution in [2.75, 3.05) is 27.3 Å². The number of hydrogen-bond donors (Lipinski definition) is 0. The zero-order valence-electron chi connectivity index (χ0n) is 26.2. The topological polar surface area (TPSA) is 145 Å². The number of rotatable bonds is 8.